The van der Waals surface area contributed by atoms with Gasteiger partial charge >= 0.3 is 11.3 Å². The largest absolute Gasteiger partial charge is 0.386 e. The first-order chi connectivity index (χ1) is 14.7. The van der Waals surface area contributed by atoms with Crippen molar-refractivity contribution in [2.24, 2.45) is 0 Å². The van der Waals surface area contributed by atoms with Gasteiger partial charge in [-0.05, 0) is 47.2 Å². The van der Waals surface area contributed by atoms with Crippen LogP contribution in [0.25, 0.3) is 49.0 Å². The summed E-state index contributed by atoms with van der Waals surface area (Å²) in [5.41, 5.74) is 1.70. The van der Waals surface area contributed by atoms with Gasteiger partial charge in [-0.3, -0.25) is 0 Å². The molecule has 30 heavy (non-hydrogen) atoms. The first-order valence-corrected chi connectivity index (χ1v) is 9.71. The first kappa shape index (κ1) is 16.7. The number of aromatic nitrogens is 1. The van der Waals surface area contributed by atoms with Gasteiger partial charge in [-0.15, -0.1) is 0 Å². The third kappa shape index (κ3) is 2.28. The predicted octanol–water partition coefficient (Wildman–Crippen LogP) is 5.40. The van der Waals surface area contributed by atoms with Crippen LogP contribution in [0.2, 0.25) is 0 Å². The molecule has 0 radical (unpaired) electrons. The third-order valence-electron chi connectivity index (χ3n) is 5.67. The number of hydrogen-bond donors (Lipinski definition) is 0. The molecule has 4 heteroatoms. The molecule has 0 spiro atoms. The lowest BCUT2D eigenvalue weighted by Gasteiger charge is -2.07. The first-order valence-electron chi connectivity index (χ1n) is 9.71. The van der Waals surface area contributed by atoms with Crippen molar-refractivity contribution < 1.29 is 4.42 Å². The van der Waals surface area contributed by atoms with Gasteiger partial charge in [-0.2, -0.15) is 0 Å². The van der Waals surface area contributed by atoms with Crippen LogP contribution in [0.3, 0.4) is 0 Å². The fourth-order valence-electron chi connectivity index (χ4n) is 4.35. The van der Waals surface area contributed by atoms with E-state index in [-0.39, 0.29) is 0 Å². The second-order valence-corrected chi connectivity index (χ2v) is 7.33. The molecule has 0 aliphatic rings. The molecule has 0 saturated carbocycles. The molecule has 2 heterocycles. The van der Waals surface area contributed by atoms with Crippen LogP contribution in [-0.2, 0) is 0 Å². The minimum atomic E-state index is -0.627. The number of fused-ring (bicyclic) bond motifs is 6. The molecule has 0 atom stereocenters. The second-order valence-electron chi connectivity index (χ2n) is 7.33. The van der Waals surface area contributed by atoms with Crippen LogP contribution < -0.4 is 11.3 Å². The molecule has 0 amide bonds. The normalized spacial score (nSPS) is 11.6. The highest BCUT2D eigenvalue weighted by Gasteiger charge is 2.15. The van der Waals surface area contributed by atoms with Crippen LogP contribution in [-0.4, -0.2) is 4.57 Å². The summed E-state index contributed by atoms with van der Waals surface area (Å²) in [6.07, 6.45) is 0. The molecule has 0 fully saturated rings. The highest BCUT2D eigenvalue weighted by Crippen LogP contribution is 2.35. The summed E-state index contributed by atoms with van der Waals surface area (Å²) >= 11 is 0. The lowest BCUT2D eigenvalue weighted by molar-refractivity contribution is 0.491. The van der Waals surface area contributed by atoms with Gasteiger partial charge in [-0.1, -0.05) is 54.6 Å². The minimum absolute atomic E-state index is 0.390. The summed E-state index contributed by atoms with van der Waals surface area (Å²) in [4.78, 5) is 25.3. The van der Waals surface area contributed by atoms with Crippen molar-refractivity contribution in [1.29, 1.82) is 0 Å². The zero-order valence-electron chi connectivity index (χ0n) is 15.8. The van der Waals surface area contributed by atoms with Crippen molar-refractivity contribution in [2.45, 2.75) is 0 Å². The molecular formula is C26H15NO3. The maximum absolute atomic E-state index is 12.8. The van der Waals surface area contributed by atoms with Crippen LogP contribution in [0.1, 0.15) is 0 Å². The van der Waals surface area contributed by atoms with E-state index in [9.17, 15) is 9.59 Å². The fourth-order valence-corrected chi connectivity index (χ4v) is 4.35. The molecule has 4 aromatic carbocycles. The minimum Gasteiger partial charge on any atom is -0.386 e. The van der Waals surface area contributed by atoms with Crippen molar-refractivity contribution in [3.05, 3.63) is 112 Å². The van der Waals surface area contributed by atoms with E-state index in [0.717, 1.165) is 27.5 Å². The third-order valence-corrected chi connectivity index (χ3v) is 5.67. The van der Waals surface area contributed by atoms with Gasteiger partial charge < -0.3 is 8.98 Å². The Bertz CT molecular complexity index is 1730. The van der Waals surface area contributed by atoms with Crippen molar-refractivity contribution >= 4 is 43.4 Å². The van der Waals surface area contributed by atoms with E-state index < -0.39 is 11.3 Å². The zero-order valence-corrected chi connectivity index (χ0v) is 15.8. The topological polar surface area (TPSA) is 52.2 Å². The Morgan fingerprint density at radius 1 is 0.500 bits per heavy atom. The second kappa shape index (κ2) is 6.16. The highest BCUT2D eigenvalue weighted by molar-refractivity contribution is 6.17. The Labute approximate surface area is 170 Å². The number of hydrogen-bond acceptors (Lipinski definition) is 3. The lowest BCUT2D eigenvalue weighted by Crippen LogP contribution is -2.04. The molecule has 0 bridgehead atoms. The predicted molar refractivity (Wildman–Crippen MR) is 121 cm³/mol. The van der Waals surface area contributed by atoms with E-state index in [4.69, 9.17) is 4.42 Å². The van der Waals surface area contributed by atoms with Crippen LogP contribution in [0.5, 0.6) is 0 Å². The number of rotatable bonds is 1. The van der Waals surface area contributed by atoms with Gasteiger partial charge in [0, 0.05) is 16.5 Å². The van der Waals surface area contributed by atoms with Gasteiger partial charge in [0.25, 0.3) is 0 Å². The molecule has 0 saturated heterocycles. The van der Waals surface area contributed by atoms with E-state index in [2.05, 4.69) is 16.7 Å². The van der Waals surface area contributed by atoms with E-state index >= 15 is 0 Å². The molecular weight excluding hydrogens is 374 g/mol. The van der Waals surface area contributed by atoms with Gasteiger partial charge in [-0.25, -0.2) is 9.59 Å². The Morgan fingerprint density at radius 3 is 1.93 bits per heavy atom. The zero-order chi connectivity index (χ0) is 20.2. The summed E-state index contributed by atoms with van der Waals surface area (Å²) in [7, 11) is 0. The number of benzene rings is 4. The van der Waals surface area contributed by atoms with Crippen LogP contribution in [0, 0.1) is 0 Å². The van der Waals surface area contributed by atoms with Crippen molar-refractivity contribution in [3.63, 3.8) is 0 Å². The Morgan fingerprint density at radius 2 is 1.13 bits per heavy atom. The molecule has 6 rings (SSSR count). The monoisotopic (exact) mass is 389 g/mol. The SMILES string of the molecule is O=c1oc(=O)c2cc3c(cc2c2ccccc12)c1ccccc1n3-c1ccccc1. The lowest BCUT2D eigenvalue weighted by atomic mass is 10.0. The maximum atomic E-state index is 12.8. The molecule has 142 valence electrons. The molecule has 4 nitrogen and oxygen atoms in total. The smallest absolute Gasteiger partial charge is 0.346 e. The summed E-state index contributed by atoms with van der Waals surface area (Å²) in [5.74, 6) is 0. The molecule has 0 aliphatic carbocycles. The summed E-state index contributed by atoms with van der Waals surface area (Å²) in [6, 6.07) is 29.2. The van der Waals surface area contributed by atoms with Crippen LogP contribution in [0.4, 0.5) is 0 Å². The Balaban J connectivity index is 1.92. The summed E-state index contributed by atoms with van der Waals surface area (Å²) in [5, 5.41) is 4.31. The molecule has 0 unspecified atom stereocenters. The van der Waals surface area contributed by atoms with E-state index in [1.165, 1.54) is 0 Å². The van der Waals surface area contributed by atoms with Gasteiger partial charge in [0.15, 0.2) is 0 Å². The van der Waals surface area contributed by atoms with Gasteiger partial charge in [0.1, 0.15) is 0 Å². The Kier molecular flexibility index (Phi) is 3.44. The number of para-hydroxylation sites is 2. The highest BCUT2D eigenvalue weighted by atomic mass is 16.4. The number of nitrogens with zero attached hydrogens (tertiary/aromatic N) is 1. The summed E-state index contributed by atoms with van der Waals surface area (Å²) < 4.78 is 7.28. The maximum Gasteiger partial charge on any atom is 0.346 e. The van der Waals surface area contributed by atoms with E-state index in [1.54, 1.807) is 12.1 Å². The quantitative estimate of drug-likeness (QED) is 0.378. The van der Waals surface area contributed by atoms with E-state index in [1.807, 2.05) is 66.7 Å². The van der Waals surface area contributed by atoms with Crippen LogP contribution in [0.15, 0.2) is 105 Å². The van der Waals surface area contributed by atoms with Crippen molar-refractivity contribution in [3.8, 4) is 5.69 Å². The van der Waals surface area contributed by atoms with Crippen molar-refractivity contribution in [1.82, 2.24) is 4.57 Å². The Hall–Kier alpha value is -4.18. The average Bonchev–Trinajstić information content (AvgIpc) is 3.07. The van der Waals surface area contributed by atoms with Crippen molar-refractivity contribution in [2.75, 3.05) is 0 Å². The average molecular weight is 389 g/mol. The van der Waals surface area contributed by atoms with Gasteiger partial charge in [0.05, 0.1) is 21.8 Å². The molecule has 2 aromatic heterocycles. The molecule has 0 aliphatic heterocycles. The fraction of sp³-hybridized carbons (Fsp3) is 0. The van der Waals surface area contributed by atoms with Gasteiger partial charge in [0.2, 0.25) is 0 Å². The molecule has 0 N–H and O–H groups in total. The van der Waals surface area contributed by atoms with E-state index in [0.29, 0.717) is 21.5 Å². The van der Waals surface area contributed by atoms with Crippen LogP contribution >= 0.6 is 0 Å². The summed E-state index contributed by atoms with van der Waals surface area (Å²) in [6.45, 7) is 0. The standard InChI is InChI=1S/C26H15NO3/c28-25-19-12-5-4-10-17(19)20-14-21-18-11-6-7-13-23(18)27(16-8-2-1-3-9-16)24(21)15-22(20)26(29)30-25/h1-15H. The molecule has 6 aromatic rings.